The van der Waals surface area contributed by atoms with Gasteiger partial charge in [0.2, 0.25) is 5.91 Å². The van der Waals surface area contributed by atoms with Crippen LogP contribution in [0.3, 0.4) is 0 Å². The van der Waals surface area contributed by atoms with Crippen LogP contribution in [0.5, 0.6) is 0 Å². The largest absolute Gasteiger partial charge is 0.337 e. The quantitative estimate of drug-likeness (QED) is 0.784. The molecule has 2 aromatic carbocycles. The number of amides is 4. The standard InChI is InChI=1S/C21H21F2N3O3/c1-13(14-4-8-16(22)9-5-14)25(3)18(27)12-26-19(28)21(2,24-20(26)29)15-6-10-17(23)11-7-15/h4-11,13H,12H2,1-3H3,(H,24,29). The van der Waals surface area contributed by atoms with Gasteiger partial charge in [-0.1, -0.05) is 24.3 Å². The summed E-state index contributed by atoms with van der Waals surface area (Å²) in [6.45, 7) is 2.83. The van der Waals surface area contributed by atoms with Gasteiger partial charge in [-0.15, -0.1) is 0 Å². The van der Waals surface area contributed by atoms with E-state index in [9.17, 15) is 23.2 Å². The molecule has 1 aliphatic heterocycles. The predicted molar refractivity (Wildman–Crippen MR) is 102 cm³/mol. The summed E-state index contributed by atoms with van der Waals surface area (Å²) in [6, 6.07) is 9.91. The molecular weight excluding hydrogens is 380 g/mol. The average Bonchev–Trinajstić information content (AvgIpc) is 2.91. The molecule has 1 aliphatic rings. The lowest BCUT2D eigenvalue weighted by atomic mass is 9.92. The van der Waals surface area contributed by atoms with Crippen molar-refractivity contribution in [3.05, 3.63) is 71.3 Å². The second-order valence-corrected chi connectivity index (χ2v) is 7.19. The zero-order valence-corrected chi connectivity index (χ0v) is 16.3. The molecule has 0 aromatic heterocycles. The van der Waals surface area contributed by atoms with E-state index in [0.717, 1.165) is 10.5 Å². The summed E-state index contributed by atoms with van der Waals surface area (Å²) < 4.78 is 26.3. The van der Waals surface area contributed by atoms with Gasteiger partial charge in [0.1, 0.15) is 23.7 Å². The van der Waals surface area contributed by atoms with Gasteiger partial charge < -0.3 is 10.2 Å². The van der Waals surface area contributed by atoms with Gasteiger partial charge in [0.25, 0.3) is 5.91 Å². The van der Waals surface area contributed by atoms with E-state index in [1.807, 2.05) is 0 Å². The molecule has 0 radical (unpaired) electrons. The normalized spacial score (nSPS) is 19.8. The van der Waals surface area contributed by atoms with Crippen molar-refractivity contribution in [2.75, 3.05) is 13.6 Å². The van der Waals surface area contributed by atoms with Crippen LogP contribution in [0.1, 0.15) is 31.0 Å². The number of carbonyl (C=O) groups is 3. The zero-order chi connectivity index (χ0) is 21.3. The topological polar surface area (TPSA) is 69.7 Å². The predicted octanol–water partition coefficient (Wildman–Crippen LogP) is 2.95. The first-order valence-electron chi connectivity index (χ1n) is 9.05. The van der Waals surface area contributed by atoms with Crippen LogP contribution >= 0.6 is 0 Å². The lowest BCUT2D eigenvalue weighted by Crippen LogP contribution is -2.44. The maximum atomic E-state index is 13.2. The first kappa shape index (κ1) is 20.4. The minimum absolute atomic E-state index is 0.380. The van der Waals surface area contributed by atoms with E-state index in [-0.39, 0.29) is 11.9 Å². The average molecular weight is 401 g/mol. The van der Waals surface area contributed by atoms with E-state index in [4.69, 9.17) is 0 Å². The second-order valence-electron chi connectivity index (χ2n) is 7.19. The van der Waals surface area contributed by atoms with Crippen molar-refractivity contribution in [3.63, 3.8) is 0 Å². The van der Waals surface area contributed by atoms with Gasteiger partial charge in [-0.3, -0.25) is 14.5 Å². The Morgan fingerprint density at radius 3 is 2.14 bits per heavy atom. The highest BCUT2D eigenvalue weighted by atomic mass is 19.1. The number of imide groups is 1. The molecule has 8 heteroatoms. The number of rotatable bonds is 5. The third kappa shape index (κ3) is 3.83. The Kier molecular flexibility index (Phi) is 5.37. The molecule has 152 valence electrons. The fourth-order valence-corrected chi connectivity index (χ4v) is 3.25. The molecule has 0 bridgehead atoms. The summed E-state index contributed by atoms with van der Waals surface area (Å²) >= 11 is 0. The Bertz CT molecular complexity index is 947. The number of carbonyl (C=O) groups excluding carboxylic acids is 3. The molecule has 0 spiro atoms. The minimum Gasteiger partial charge on any atom is -0.337 e. The van der Waals surface area contributed by atoms with Crippen LogP contribution in [0.2, 0.25) is 0 Å². The SMILES string of the molecule is CC(c1ccc(F)cc1)N(C)C(=O)CN1C(=O)NC(C)(c2ccc(F)cc2)C1=O. The highest BCUT2D eigenvalue weighted by Gasteiger charge is 2.49. The Hall–Kier alpha value is -3.29. The summed E-state index contributed by atoms with van der Waals surface area (Å²) in [4.78, 5) is 40.2. The Morgan fingerprint density at radius 2 is 1.59 bits per heavy atom. The molecule has 29 heavy (non-hydrogen) atoms. The molecule has 2 aromatic rings. The van der Waals surface area contributed by atoms with Gasteiger partial charge in [-0.05, 0) is 49.2 Å². The van der Waals surface area contributed by atoms with Gasteiger partial charge in [0, 0.05) is 7.05 Å². The van der Waals surface area contributed by atoms with Crippen LogP contribution in [0.25, 0.3) is 0 Å². The van der Waals surface area contributed by atoms with Gasteiger partial charge in [0.15, 0.2) is 0 Å². The van der Waals surface area contributed by atoms with E-state index in [1.54, 1.807) is 26.1 Å². The van der Waals surface area contributed by atoms with E-state index < -0.39 is 35.7 Å². The molecule has 2 atom stereocenters. The molecule has 1 N–H and O–H groups in total. The molecule has 0 saturated carbocycles. The van der Waals surface area contributed by atoms with E-state index in [1.165, 1.54) is 48.2 Å². The smallest absolute Gasteiger partial charge is 0.325 e. The van der Waals surface area contributed by atoms with Crippen molar-refractivity contribution >= 4 is 17.8 Å². The first-order valence-corrected chi connectivity index (χ1v) is 9.05. The van der Waals surface area contributed by atoms with E-state index in [2.05, 4.69) is 5.32 Å². The number of hydrogen-bond acceptors (Lipinski definition) is 3. The highest BCUT2D eigenvalue weighted by Crippen LogP contribution is 2.29. The highest BCUT2D eigenvalue weighted by molar-refractivity contribution is 6.09. The molecule has 1 fully saturated rings. The number of nitrogens with one attached hydrogen (secondary N) is 1. The lowest BCUT2D eigenvalue weighted by molar-refractivity contribution is -0.139. The van der Waals surface area contributed by atoms with E-state index >= 15 is 0 Å². The van der Waals surface area contributed by atoms with Crippen LogP contribution in [-0.2, 0) is 15.1 Å². The molecule has 3 rings (SSSR count). The maximum absolute atomic E-state index is 13.2. The molecular formula is C21H21F2N3O3. The van der Waals surface area contributed by atoms with Crippen molar-refractivity contribution < 1.29 is 23.2 Å². The van der Waals surface area contributed by atoms with Gasteiger partial charge in [0.05, 0.1) is 6.04 Å². The van der Waals surface area contributed by atoms with E-state index in [0.29, 0.717) is 5.56 Å². The number of halogens is 2. The van der Waals surface area contributed by atoms with Crippen LogP contribution < -0.4 is 5.32 Å². The number of nitrogens with zero attached hydrogens (tertiary/aromatic N) is 2. The molecule has 2 unspecified atom stereocenters. The molecule has 6 nitrogen and oxygen atoms in total. The van der Waals surface area contributed by atoms with Crippen LogP contribution in [0.15, 0.2) is 48.5 Å². The monoisotopic (exact) mass is 401 g/mol. The van der Waals surface area contributed by atoms with Crippen molar-refractivity contribution in [2.24, 2.45) is 0 Å². The Balaban J connectivity index is 1.74. The van der Waals surface area contributed by atoms with Crippen molar-refractivity contribution in [2.45, 2.75) is 25.4 Å². The maximum Gasteiger partial charge on any atom is 0.325 e. The van der Waals surface area contributed by atoms with Crippen LogP contribution in [0, 0.1) is 11.6 Å². The summed E-state index contributed by atoms with van der Waals surface area (Å²) in [6.07, 6.45) is 0. The number of urea groups is 1. The van der Waals surface area contributed by atoms with Crippen molar-refractivity contribution in [1.82, 2.24) is 15.1 Å². The number of likely N-dealkylation sites (N-methyl/N-ethyl adjacent to an activating group) is 1. The number of hydrogen-bond donors (Lipinski definition) is 1. The second kappa shape index (κ2) is 7.62. The minimum atomic E-state index is -1.38. The van der Waals surface area contributed by atoms with Crippen LogP contribution in [0.4, 0.5) is 13.6 Å². The fourth-order valence-electron chi connectivity index (χ4n) is 3.25. The molecule has 1 saturated heterocycles. The van der Waals surface area contributed by atoms with Crippen LogP contribution in [-0.4, -0.2) is 41.2 Å². The summed E-state index contributed by atoms with van der Waals surface area (Å²) in [5, 5.41) is 2.58. The third-order valence-electron chi connectivity index (χ3n) is 5.32. The summed E-state index contributed by atoms with van der Waals surface area (Å²) in [7, 11) is 1.55. The van der Waals surface area contributed by atoms with Gasteiger partial charge >= 0.3 is 6.03 Å². The molecule has 1 heterocycles. The summed E-state index contributed by atoms with van der Waals surface area (Å²) in [5.74, 6) is -1.88. The fraction of sp³-hybridized carbons (Fsp3) is 0.286. The zero-order valence-electron chi connectivity index (χ0n) is 16.3. The summed E-state index contributed by atoms with van der Waals surface area (Å²) in [5.41, 5.74) is -0.248. The third-order valence-corrected chi connectivity index (χ3v) is 5.32. The van der Waals surface area contributed by atoms with Crippen molar-refractivity contribution in [3.8, 4) is 0 Å². The lowest BCUT2D eigenvalue weighted by Gasteiger charge is -2.27. The van der Waals surface area contributed by atoms with Gasteiger partial charge in [-0.2, -0.15) is 0 Å². The number of benzene rings is 2. The molecule has 0 aliphatic carbocycles. The van der Waals surface area contributed by atoms with Gasteiger partial charge in [-0.25, -0.2) is 13.6 Å². The first-order chi connectivity index (χ1) is 13.6. The Labute approximate surface area is 167 Å². The molecule has 4 amide bonds. The Morgan fingerprint density at radius 1 is 1.07 bits per heavy atom. The van der Waals surface area contributed by atoms with Crippen molar-refractivity contribution in [1.29, 1.82) is 0 Å².